The molecule has 1 aromatic rings. The number of halogens is 1. The van der Waals surface area contributed by atoms with E-state index in [4.69, 9.17) is 10.5 Å². The largest absolute Gasteiger partial charge is 0.469 e. The number of nitrogens with two attached hydrogens (primary N) is 1. The number of carbonyl (C=O) groups excluding carboxylic acids is 8. The number of alkyl halides is 1. The van der Waals surface area contributed by atoms with Crippen molar-refractivity contribution in [3.63, 3.8) is 0 Å². The van der Waals surface area contributed by atoms with Gasteiger partial charge in [-0.15, -0.1) is 0 Å². The van der Waals surface area contributed by atoms with Crippen LogP contribution in [0.5, 0.6) is 0 Å². The number of hydrogen-bond donors (Lipinski definition) is 5. The Hall–Kier alpha value is -4.74. The van der Waals surface area contributed by atoms with Gasteiger partial charge >= 0.3 is 18.0 Å². The molecule has 0 bridgehead atoms. The first-order valence-corrected chi connectivity index (χ1v) is 15.6. The van der Waals surface area contributed by atoms with E-state index in [0.29, 0.717) is 11.3 Å². The van der Waals surface area contributed by atoms with Gasteiger partial charge in [-0.25, -0.2) is 9.18 Å². The summed E-state index contributed by atoms with van der Waals surface area (Å²) in [5, 5.41) is 9.25. The van der Waals surface area contributed by atoms with Crippen molar-refractivity contribution in [1.29, 1.82) is 0 Å². The third-order valence-electron chi connectivity index (χ3n) is 6.41. The zero-order valence-corrected chi connectivity index (χ0v) is 27.0. The molecule has 1 aromatic carbocycles. The Kier molecular flexibility index (Phi) is 18.8. The number of rotatable bonds is 21. The molecule has 47 heavy (non-hydrogen) atoms. The van der Waals surface area contributed by atoms with Gasteiger partial charge in [-0.1, -0.05) is 30.3 Å². The number of benzene rings is 1. The normalized spacial score (nSPS) is 13.0. The second-order valence-electron chi connectivity index (χ2n) is 9.89. The van der Waals surface area contributed by atoms with Crippen molar-refractivity contribution in [3.8, 4) is 0 Å². The number of carbonyl (C=O) groups is 8. The number of esters is 2. The van der Waals surface area contributed by atoms with Crippen LogP contribution in [0.2, 0.25) is 0 Å². The van der Waals surface area contributed by atoms with Crippen molar-refractivity contribution in [2.24, 2.45) is 5.73 Å². The van der Waals surface area contributed by atoms with Crippen molar-refractivity contribution in [1.82, 2.24) is 21.3 Å². The molecule has 0 saturated heterocycles. The predicted octanol–water partition coefficient (Wildman–Crippen LogP) is -0.581. The second-order valence-corrected chi connectivity index (χ2v) is 10.9. The molecule has 0 radical (unpaired) electrons. The lowest BCUT2D eigenvalue weighted by Crippen LogP contribution is -2.58. The van der Waals surface area contributed by atoms with Crippen molar-refractivity contribution in [2.75, 3.05) is 32.9 Å². The molecule has 0 aromatic heterocycles. The number of hydrogen-bond acceptors (Lipinski definition) is 12. The molecule has 0 heterocycles. The SMILES string of the molecule is COC(=O)CC(NC(=O)C(CCSC)NC(=O)C(CCC(N)=O)NC(=O)C(CC(=O)OC)NC(=O)OCc1ccccc1)C(=O)CF. The number of ether oxygens (including phenoxy) is 3. The first-order chi connectivity index (χ1) is 22.3. The summed E-state index contributed by atoms with van der Waals surface area (Å²) in [5.74, 6) is -6.31. The van der Waals surface area contributed by atoms with Gasteiger partial charge in [-0.3, -0.25) is 33.6 Å². The van der Waals surface area contributed by atoms with Crippen LogP contribution in [0.4, 0.5) is 9.18 Å². The van der Waals surface area contributed by atoms with Gasteiger partial charge in [-0.05, 0) is 30.4 Å². The van der Waals surface area contributed by atoms with E-state index in [9.17, 15) is 42.7 Å². The molecule has 6 N–H and O–H groups in total. The summed E-state index contributed by atoms with van der Waals surface area (Å²) in [7, 11) is 2.10. The fourth-order valence-electron chi connectivity index (χ4n) is 3.83. The maximum absolute atomic E-state index is 13.4. The molecule has 1 rings (SSSR count). The Labute approximate surface area is 274 Å². The van der Waals surface area contributed by atoms with Crippen molar-refractivity contribution < 1.29 is 57.0 Å². The number of Topliss-reactive ketones (excluding diaryl/α,β-unsaturated/α-hetero) is 1. The molecule has 18 heteroatoms. The Morgan fingerprint density at radius 1 is 0.766 bits per heavy atom. The average molecular weight is 686 g/mol. The lowest BCUT2D eigenvalue weighted by molar-refractivity contribution is -0.144. The van der Waals surface area contributed by atoms with Gasteiger partial charge in [0, 0.05) is 6.42 Å². The molecule has 0 aliphatic rings. The van der Waals surface area contributed by atoms with Crippen LogP contribution < -0.4 is 27.0 Å². The van der Waals surface area contributed by atoms with E-state index < -0.39 is 91.1 Å². The first-order valence-electron chi connectivity index (χ1n) is 14.2. The van der Waals surface area contributed by atoms with Gasteiger partial charge < -0.3 is 41.2 Å². The highest BCUT2D eigenvalue weighted by Gasteiger charge is 2.33. The zero-order valence-electron chi connectivity index (χ0n) is 26.2. The van der Waals surface area contributed by atoms with Gasteiger partial charge in [0.15, 0.2) is 5.78 Å². The minimum Gasteiger partial charge on any atom is -0.469 e. The molecule has 0 aliphatic heterocycles. The average Bonchev–Trinajstić information content (AvgIpc) is 3.06. The van der Waals surface area contributed by atoms with E-state index in [1.165, 1.54) is 11.8 Å². The highest BCUT2D eigenvalue weighted by atomic mass is 32.2. The Morgan fingerprint density at radius 3 is 1.79 bits per heavy atom. The van der Waals surface area contributed by atoms with Crippen molar-refractivity contribution >= 4 is 59.2 Å². The molecule has 4 unspecified atom stereocenters. The molecular weight excluding hydrogens is 645 g/mol. The van der Waals surface area contributed by atoms with Crippen LogP contribution in [0.1, 0.15) is 37.7 Å². The van der Waals surface area contributed by atoms with E-state index in [1.807, 2.05) is 0 Å². The highest BCUT2D eigenvalue weighted by molar-refractivity contribution is 7.98. The van der Waals surface area contributed by atoms with Crippen LogP contribution in [-0.4, -0.2) is 105 Å². The van der Waals surface area contributed by atoms with Crippen LogP contribution in [-0.2, 0) is 54.4 Å². The van der Waals surface area contributed by atoms with Gasteiger partial charge in [0.1, 0.15) is 37.4 Å². The van der Waals surface area contributed by atoms with E-state index in [0.717, 1.165) is 14.2 Å². The van der Waals surface area contributed by atoms with Crippen LogP contribution >= 0.6 is 11.8 Å². The number of thioether (sulfide) groups is 1. The van der Waals surface area contributed by atoms with Crippen molar-refractivity contribution in [3.05, 3.63) is 35.9 Å². The predicted molar refractivity (Wildman–Crippen MR) is 165 cm³/mol. The van der Waals surface area contributed by atoms with Crippen LogP contribution in [0, 0.1) is 0 Å². The van der Waals surface area contributed by atoms with Crippen LogP contribution in [0.25, 0.3) is 0 Å². The van der Waals surface area contributed by atoms with E-state index in [2.05, 4.69) is 30.7 Å². The molecule has 0 aliphatic carbocycles. The minimum atomic E-state index is -1.59. The topological polar surface area (TPSA) is 238 Å². The number of ketones is 1. The molecule has 16 nitrogen and oxygen atoms in total. The summed E-state index contributed by atoms with van der Waals surface area (Å²) < 4.78 is 27.3. The highest BCUT2D eigenvalue weighted by Crippen LogP contribution is 2.08. The molecule has 0 fully saturated rings. The third-order valence-corrected chi connectivity index (χ3v) is 7.06. The number of alkyl carbamates (subject to hydrolysis) is 1. The molecular formula is C29H40FN5O11S. The summed E-state index contributed by atoms with van der Waals surface area (Å²) in [5.41, 5.74) is 5.88. The first kappa shape index (κ1) is 40.3. The van der Waals surface area contributed by atoms with Gasteiger partial charge in [0.05, 0.1) is 27.1 Å². The Bertz CT molecular complexity index is 1250. The lowest BCUT2D eigenvalue weighted by Gasteiger charge is -2.26. The summed E-state index contributed by atoms with van der Waals surface area (Å²) in [6.07, 6.45) is -1.39. The van der Waals surface area contributed by atoms with Gasteiger partial charge in [0.2, 0.25) is 23.6 Å². The van der Waals surface area contributed by atoms with Crippen LogP contribution in [0.15, 0.2) is 30.3 Å². The fraction of sp³-hybridized carbons (Fsp3) is 0.517. The maximum atomic E-state index is 13.4. The van der Waals surface area contributed by atoms with E-state index >= 15 is 0 Å². The second kappa shape index (κ2) is 21.9. The quantitative estimate of drug-likeness (QED) is 0.0807. The third kappa shape index (κ3) is 15.9. The monoisotopic (exact) mass is 685 g/mol. The van der Waals surface area contributed by atoms with Crippen LogP contribution in [0.3, 0.4) is 0 Å². The van der Waals surface area contributed by atoms with Crippen molar-refractivity contribution in [2.45, 2.75) is 62.9 Å². The molecule has 5 amide bonds. The summed E-state index contributed by atoms with van der Waals surface area (Å²) in [6.45, 7) is -1.63. The number of primary amides is 1. The summed E-state index contributed by atoms with van der Waals surface area (Å²) in [4.78, 5) is 99.5. The molecule has 0 spiro atoms. The smallest absolute Gasteiger partial charge is 0.408 e. The molecule has 0 saturated carbocycles. The minimum absolute atomic E-state index is 0.00373. The Morgan fingerprint density at radius 2 is 1.28 bits per heavy atom. The van der Waals surface area contributed by atoms with E-state index in [1.54, 1.807) is 36.6 Å². The number of nitrogens with one attached hydrogen (secondary N) is 4. The molecule has 260 valence electrons. The fourth-order valence-corrected chi connectivity index (χ4v) is 4.30. The summed E-state index contributed by atoms with van der Waals surface area (Å²) >= 11 is 1.31. The standard InChI is InChI=1S/C29H40FN5O11S/c1-44-24(38)13-20(22(36)15-30)34-27(41)19(11-12-47-3)33-26(40)18(9-10-23(31)37)32-28(42)21(14-25(39)45-2)35-29(43)46-16-17-7-5-4-6-8-17/h4-8,18-21H,9-16H2,1-3H3,(H2,31,37)(H,32,42)(H,33,40)(H,34,41)(H,35,43). The Balaban J connectivity index is 3.16. The lowest BCUT2D eigenvalue weighted by atomic mass is 10.1. The molecule has 4 atom stereocenters. The maximum Gasteiger partial charge on any atom is 0.408 e. The zero-order chi connectivity index (χ0) is 35.4. The van der Waals surface area contributed by atoms with Gasteiger partial charge in [-0.2, -0.15) is 11.8 Å². The van der Waals surface area contributed by atoms with E-state index in [-0.39, 0.29) is 25.9 Å². The van der Waals surface area contributed by atoms with Gasteiger partial charge in [0.25, 0.3) is 0 Å². The summed E-state index contributed by atoms with van der Waals surface area (Å²) in [6, 6.07) is 2.58. The number of amides is 5. The number of methoxy groups -OCH3 is 2.